The number of amides is 1. The number of ether oxygens (including phenoxy) is 1. The average Bonchev–Trinajstić information content (AvgIpc) is 2.74. The van der Waals surface area contributed by atoms with Crippen molar-refractivity contribution < 1.29 is 17.9 Å². The number of carbonyl (C=O) groups excluding carboxylic acids is 1. The molecule has 0 unspecified atom stereocenters. The van der Waals surface area contributed by atoms with Crippen molar-refractivity contribution >= 4 is 22.1 Å². The number of sulfonamides is 1. The minimum absolute atomic E-state index is 0.150. The third-order valence-corrected chi connectivity index (χ3v) is 6.78. The summed E-state index contributed by atoms with van der Waals surface area (Å²) in [6.07, 6.45) is 2.78. The first-order valence-electron chi connectivity index (χ1n) is 9.44. The van der Waals surface area contributed by atoms with E-state index in [9.17, 15) is 13.2 Å². The van der Waals surface area contributed by atoms with Crippen LogP contribution in [-0.2, 0) is 14.8 Å². The van der Waals surface area contributed by atoms with Gasteiger partial charge < -0.3 is 4.74 Å². The first-order chi connectivity index (χ1) is 13.9. The van der Waals surface area contributed by atoms with Crippen molar-refractivity contribution in [3.05, 3.63) is 59.7 Å². The maximum atomic E-state index is 12.9. The fraction of sp³-hybridized carbons (Fsp3) is 0.333. The molecule has 0 spiro atoms. The van der Waals surface area contributed by atoms with Gasteiger partial charge in [0.15, 0.2) is 0 Å². The molecule has 0 aliphatic carbocycles. The van der Waals surface area contributed by atoms with E-state index in [1.54, 1.807) is 37.4 Å². The van der Waals surface area contributed by atoms with Crippen LogP contribution in [0.3, 0.4) is 0 Å². The van der Waals surface area contributed by atoms with Gasteiger partial charge in [0.05, 0.1) is 24.1 Å². The number of hydrogen-bond acceptors (Lipinski definition) is 5. The van der Waals surface area contributed by atoms with Crippen molar-refractivity contribution in [3.8, 4) is 5.75 Å². The van der Waals surface area contributed by atoms with E-state index in [-0.39, 0.29) is 17.3 Å². The lowest BCUT2D eigenvalue weighted by molar-refractivity contribution is -0.126. The van der Waals surface area contributed by atoms with Gasteiger partial charge in [0, 0.05) is 13.1 Å². The van der Waals surface area contributed by atoms with E-state index in [0.29, 0.717) is 25.1 Å². The van der Waals surface area contributed by atoms with Gasteiger partial charge in [-0.3, -0.25) is 4.79 Å². The van der Waals surface area contributed by atoms with Crippen LogP contribution < -0.4 is 10.2 Å². The monoisotopic (exact) mass is 415 g/mol. The number of carbonyl (C=O) groups is 1. The lowest BCUT2D eigenvalue weighted by Crippen LogP contribution is -2.44. The molecule has 1 atom stereocenters. The quantitative estimate of drug-likeness (QED) is 0.580. The average molecular weight is 416 g/mol. The van der Waals surface area contributed by atoms with Crippen LogP contribution in [0.1, 0.15) is 24.0 Å². The van der Waals surface area contributed by atoms with Crippen molar-refractivity contribution in [2.75, 3.05) is 20.2 Å². The zero-order valence-electron chi connectivity index (χ0n) is 16.5. The standard InChI is InChI=1S/C21H25N3O4S/c1-16-8-10-20(11-9-16)29(26,27)24-12-4-6-18(15-24)21(25)23-22-14-17-5-3-7-19(13-17)28-2/h3,5,7-11,13-14,18H,4,6,12,15H2,1-2H3,(H,23,25)/b22-14-/t18-/m1/s1. The summed E-state index contributed by atoms with van der Waals surface area (Å²) < 4.78 is 32.3. The zero-order chi connectivity index (χ0) is 20.9. The maximum absolute atomic E-state index is 12.9. The number of aryl methyl sites for hydroxylation is 1. The van der Waals surface area contributed by atoms with Gasteiger partial charge in [-0.1, -0.05) is 29.8 Å². The molecule has 0 aromatic heterocycles. The first-order valence-corrected chi connectivity index (χ1v) is 10.9. The van der Waals surface area contributed by atoms with E-state index >= 15 is 0 Å². The summed E-state index contributed by atoms with van der Waals surface area (Å²) in [6.45, 7) is 2.47. The second kappa shape index (κ2) is 9.19. The topological polar surface area (TPSA) is 88.1 Å². The van der Waals surface area contributed by atoms with Gasteiger partial charge in [-0.25, -0.2) is 13.8 Å². The predicted molar refractivity (Wildman–Crippen MR) is 111 cm³/mol. The Morgan fingerprint density at radius 3 is 2.72 bits per heavy atom. The fourth-order valence-electron chi connectivity index (χ4n) is 3.22. The van der Waals surface area contributed by atoms with Crippen molar-refractivity contribution in [1.29, 1.82) is 0 Å². The number of benzene rings is 2. The Morgan fingerprint density at radius 2 is 2.00 bits per heavy atom. The van der Waals surface area contributed by atoms with Gasteiger partial charge >= 0.3 is 0 Å². The van der Waals surface area contributed by atoms with E-state index in [1.807, 2.05) is 25.1 Å². The highest BCUT2D eigenvalue weighted by Gasteiger charge is 2.33. The van der Waals surface area contributed by atoms with Gasteiger partial charge in [-0.15, -0.1) is 0 Å². The second-order valence-corrected chi connectivity index (χ2v) is 8.96. The molecule has 1 N–H and O–H groups in total. The Kier molecular flexibility index (Phi) is 6.66. The molecule has 1 saturated heterocycles. The Morgan fingerprint density at radius 1 is 1.24 bits per heavy atom. The molecule has 154 valence electrons. The predicted octanol–water partition coefficient (Wildman–Crippen LogP) is 2.55. The smallest absolute Gasteiger partial charge is 0.244 e. The zero-order valence-corrected chi connectivity index (χ0v) is 17.4. The Balaban J connectivity index is 1.63. The second-order valence-electron chi connectivity index (χ2n) is 7.03. The molecule has 2 aromatic rings. The SMILES string of the molecule is COc1cccc(/C=N\NC(=O)[C@@H]2CCCN(S(=O)(=O)c3ccc(C)cc3)C2)c1. The van der Waals surface area contributed by atoms with Crippen LogP contribution in [0.2, 0.25) is 0 Å². The van der Waals surface area contributed by atoms with Crippen molar-refractivity contribution in [1.82, 2.24) is 9.73 Å². The van der Waals surface area contributed by atoms with E-state index in [2.05, 4.69) is 10.5 Å². The summed E-state index contributed by atoms with van der Waals surface area (Å²) in [6, 6.07) is 14.0. The largest absolute Gasteiger partial charge is 0.497 e. The van der Waals surface area contributed by atoms with Crippen molar-refractivity contribution in [2.24, 2.45) is 11.0 Å². The summed E-state index contributed by atoms with van der Waals surface area (Å²) in [5.41, 5.74) is 4.31. The Hall–Kier alpha value is -2.71. The molecular formula is C21H25N3O4S. The van der Waals surface area contributed by atoms with E-state index in [4.69, 9.17) is 4.74 Å². The first kappa shape index (κ1) is 21.0. The normalized spacial score (nSPS) is 17.9. The summed E-state index contributed by atoms with van der Waals surface area (Å²) in [7, 11) is -2.03. The lowest BCUT2D eigenvalue weighted by atomic mass is 9.99. The maximum Gasteiger partial charge on any atom is 0.244 e. The highest BCUT2D eigenvalue weighted by atomic mass is 32.2. The number of hydrogen-bond donors (Lipinski definition) is 1. The molecule has 1 aliphatic heterocycles. The fourth-order valence-corrected chi connectivity index (χ4v) is 4.74. The molecule has 1 fully saturated rings. The molecule has 7 nitrogen and oxygen atoms in total. The number of rotatable bonds is 6. The van der Waals surface area contributed by atoms with E-state index < -0.39 is 15.9 Å². The molecule has 0 saturated carbocycles. The number of nitrogens with one attached hydrogen (secondary N) is 1. The van der Waals surface area contributed by atoms with Crippen LogP contribution in [-0.4, -0.2) is 45.0 Å². The number of hydrazone groups is 1. The molecule has 1 aliphatic rings. The molecule has 0 radical (unpaired) electrons. The van der Waals surface area contributed by atoms with E-state index in [1.165, 1.54) is 10.5 Å². The highest BCUT2D eigenvalue weighted by molar-refractivity contribution is 7.89. The van der Waals surface area contributed by atoms with Gasteiger partial charge in [-0.05, 0) is 49.6 Å². The van der Waals surface area contributed by atoms with Gasteiger partial charge in [0.25, 0.3) is 0 Å². The van der Waals surface area contributed by atoms with Crippen LogP contribution in [0.5, 0.6) is 5.75 Å². The van der Waals surface area contributed by atoms with Gasteiger partial charge in [0.2, 0.25) is 15.9 Å². The molecule has 1 amide bonds. The summed E-state index contributed by atoms with van der Waals surface area (Å²) in [4.78, 5) is 12.7. The Bertz CT molecular complexity index is 987. The van der Waals surface area contributed by atoms with Crippen LogP contribution in [0.25, 0.3) is 0 Å². The van der Waals surface area contributed by atoms with Gasteiger partial charge in [-0.2, -0.15) is 9.41 Å². The molecule has 1 heterocycles. The summed E-state index contributed by atoms with van der Waals surface area (Å²) in [5, 5.41) is 4.00. The molecular weight excluding hydrogens is 390 g/mol. The minimum atomic E-state index is -3.62. The third kappa shape index (κ3) is 5.21. The number of piperidine rings is 1. The van der Waals surface area contributed by atoms with Crippen LogP contribution in [0.4, 0.5) is 0 Å². The number of nitrogens with zero attached hydrogens (tertiary/aromatic N) is 2. The van der Waals surface area contributed by atoms with Crippen LogP contribution in [0.15, 0.2) is 58.5 Å². The number of methoxy groups -OCH3 is 1. The summed E-state index contributed by atoms with van der Waals surface area (Å²) >= 11 is 0. The molecule has 8 heteroatoms. The van der Waals surface area contributed by atoms with Crippen molar-refractivity contribution in [3.63, 3.8) is 0 Å². The van der Waals surface area contributed by atoms with E-state index in [0.717, 1.165) is 11.1 Å². The van der Waals surface area contributed by atoms with Crippen LogP contribution >= 0.6 is 0 Å². The molecule has 2 aromatic carbocycles. The van der Waals surface area contributed by atoms with Crippen molar-refractivity contribution in [2.45, 2.75) is 24.7 Å². The van der Waals surface area contributed by atoms with Crippen LogP contribution in [0, 0.1) is 12.8 Å². The minimum Gasteiger partial charge on any atom is -0.497 e. The molecule has 29 heavy (non-hydrogen) atoms. The highest BCUT2D eigenvalue weighted by Crippen LogP contribution is 2.24. The molecule has 0 bridgehead atoms. The molecule has 3 rings (SSSR count). The third-order valence-electron chi connectivity index (χ3n) is 4.90. The van der Waals surface area contributed by atoms with Gasteiger partial charge in [0.1, 0.15) is 5.75 Å². The Labute approximate surface area is 171 Å². The summed E-state index contributed by atoms with van der Waals surface area (Å²) in [5.74, 6) is -0.0242. The lowest BCUT2D eigenvalue weighted by Gasteiger charge is -2.30.